The van der Waals surface area contributed by atoms with E-state index in [0.29, 0.717) is 11.5 Å². The number of pyridine rings is 1. The molecule has 2 aromatic carbocycles. The van der Waals surface area contributed by atoms with Gasteiger partial charge >= 0.3 is 5.97 Å². The lowest BCUT2D eigenvalue weighted by molar-refractivity contribution is -0.139. The van der Waals surface area contributed by atoms with E-state index in [-0.39, 0.29) is 12.3 Å². The summed E-state index contributed by atoms with van der Waals surface area (Å²) in [5.74, 6) is 0.138. The van der Waals surface area contributed by atoms with Crippen molar-refractivity contribution in [2.24, 2.45) is 5.92 Å². The van der Waals surface area contributed by atoms with Gasteiger partial charge in [0.2, 0.25) is 0 Å². The zero-order valence-electron chi connectivity index (χ0n) is 21.8. The summed E-state index contributed by atoms with van der Waals surface area (Å²) in [5.41, 5.74) is 5.34. The number of carboxylic acids is 1. The van der Waals surface area contributed by atoms with E-state index in [0.717, 1.165) is 66.2 Å². The van der Waals surface area contributed by atoms with E-state index in [1.165, 1.54) is 0 Å². The van der Waals surface area contributed by atoms with Gasteiger partial charge in [0.15, 0.2) is 0 Å². The van der Waals surface area contributed by atoms with Gasteiger partial charge in [-0.05, 0) is 80.5 Å². The number of hydrogen-bond donors (Lipinski definition) is 3. The minimum atomic E-state index is -1.04. The van der Waals surface area contributed by atoms with Crippen LogP contribution in [0.5, 0.6) is 0 Å². The van der Waals surface area contributed by atoms with Crippen LogP contribution in [-0.2, 0) is 11.2 Å². The van der Waals surface area contributed by atoms with Crippen molar-refractivity contribution in [1.29, 1.82) is 0 Å². The van der Waals surface area contributed by atoms with Crippen LogP contribution in [0.3, 0.4) is 0 Å². The molecule has 1 atom stereocenters. The number of carboxylic acid groups (broad SMARTS) is 1. The second-order valence-electron chi connectivity index (χ2n) is 10.0. The molecule has 0 spiro atoms. The van der Waals surface area contributed by atoms with E-state index < -0.39 is 12.0 Å². The largest absolute Gasteiger partial charge is 0.480 e. The van der Waals surface area contributed by atoms with Crippen LogP contribution in [0.4, 0.5) is 11.5 Å². The molecule has 2 heterocycles. The van der Waals surface area contributed by atoms with Crippen molar-refractivity contribution < 1.29 is 14.7 Å². The quantitative estimate of drug-likeness (QED) is 0.392. The molecule has 1 aromatic heterocycles. The minimum Gasteiger partial charge on any atom is -0.480 e. The number of aryl methyl sites for hydroxylation is 3. The third kappa shape index (κ3) is 6.88. The van der Waals surface area contributed by atoms with Crippen molar-refractivity contribution in [1.82, 2.24) is 10.3 Å². The molecule has 1 unspecified atom stereocenters. The molecule has 0 radical (unpaired) electrons. The van der Waals surface area contributed by atoms with Gasteiger partial charge in [-0.3, -0.25) is 4.79 Å². The molecule has 0 saturated carbocycles. The summed E-state index contributed by atoms with van der Waals surface area (Å²) >= 11 is 0. The Balaban J connectivity index is 1.31. The fourth-order valence-corrected chi connectivity index (χ4v) is 5.16. The number of aromatic nitrogens is 1. The topological polar surface area (TPSA) is 94.6 Å². The van der Waals surface area contributed by atoms with Gasteiger partial charge in [0.1, 0.15) is 11.9 Å². The summed E-state index contributed by atoms with van der Waals surface area (Å²) in [7, 11) is 0. The predicted octanol–water partition coefficient (Wildman–Crippen LogP) is 4.76. The summed E-state index contributed by atoms with van der Waals surface area (Å²) in [6.45, 7) is 8.63. The third-order valence-corrected chi connectivity index (χ3v) is 7.10. The molecule has 4 rings (SSSR count). The van der Waals surface area contributed by atoms with Crippen molar-refractivity contribution in [2.75, 3.05) is 29.9 Å². The number of piperidine rings is 1. The van der Waals surface area contributed by atoms with E-state index >= 15 is 0 Å². The summed E-state index contributed by atoms with van der Waals surface area (Å²) in [6, 6.07) is 16.8. The van der Waals surface area contributed by atoms with Crippen molar-refractivity contribution in [3.8, 4) is 0 Å². The van der Waals surface area contributed by atoms with E-state index in [9.17, 15) is 14.7 Å². The van der Waals surface area contributed by atoms with Crippen LogP contribution in [0.2, 0.25) is 0 Å². The Morgan fingerprint density at radius 3 is 2.30 bits per heavy atom. The maximum absolute atomic E-state index is 12.9. The number of carbonyl (C=O) groups excluding carboxylic acids is 1. The molecule has 37 heavy (non-hydrogen) atoms. The molecule has 194 valence electrons. The fourth-order valence-electron chi connectivity index (χ4n) is 5.16. The van der Waals surface area contributed by atoms with Crippen LogP contribution in [-0.4, -0.2) is 47.6 Å². The lowest BCUT2D eigenvalue weighted by Gasteiger charge is -2.34. The molecule has 1 aliphatic heterocycles. The molecule has 0 bridgehead atoms. The number of aliphatic carboxylic acids is 1. The lowest BCUT2D eigenvalue weighted by Crippen LogP contribution is -2.42. The SMILES string of the molecule is Cc1cc(C)c(C(=O)NC(Cc2ccc(N3CCC(CNc4ccccn4)CC3)cc2)C(=O)O)c(C)c1. The Hall–Kier alpha value is -3.87. The summed E-state index contributed by atoms with van der Waals surface area (Å²) in [6.07, 6.45) is 4.23. The second kappa shape index (κ2) is 11.9. The van der Waals surface area contributed by atoms with E-state index in [1.54, 1.807) is 6.20 Å². The Labute approximate surface area is 218 Å². The molecule has 1 saturated heterocycles. The predicted molar refractivity (Wildman–Crippen MR) is 147 cm³/mol. The molecule has 7 nitrogen and oxygen atoms in total. The minimum absolute atomic E-state index is 0.229. The summed E-state index contributed by atoms with van der Waals surface area (Å²) in [5, 5.41) is 15.9. The number of carbonyl (C=O) groups is 2. The standard InChI is InChI=1S/C30H36N4O3/c1-20-16-21(2)28(22(3)17-20)29(35)33-26(30(36)37)18-23-7-9-25(10-8-23)34-14-11-24(12-15-34)19-32-27-6-4-5-13-31-27/h4-10,13,16-17,24,26H,11-12,14-15,18-19H2,1-3H3,(H,31,32)(H,33,35)(H,36,37). The number of amides is 1. The maximum Gasteiger partial charge on any atom is 0.326 e. The van der Waals surface area contributed by atoms with Gasteiger partial charge < -0.3 is 20.6 Å². The molecule has 7 heteroatoms. The normalized spacial score (nSPS) is 14.7. The highest BCUT2D eigenvalue weighted by atomic mass is 16.4. The molecule has 1 fully saturated rings. The molecular formula is C30H36N4O3. The summed E-state index contributed by atoms with van der Waals surface area (Å²) < 4.78 is 0. The Morgan fingerprint density at radius 1 is 1.03 bits per heavy atom. The highest BCUT2D eigenvalue weighted by Gasteiger charge is 2.24. The highest BCUT2D eigenvalue weighted by molar-refractivity contribution is 5.99. The summed E-state index contributed by atoms with van der Waals surface area (Å²) in [4.78, 5) is 31.6. The van der Waals surface area contributed by atoms with E-state index in [1.807, 2.05) is 63.2 Å². The van der Waals surface area contributed by atoms with Crippen molar-refractivity contribution >= 4 is 23.4 Å². The number of nitrogens with zero attached hydrogens (tertiary/aromatic N) is 2. The van der Waals surface area contributed by atoms with Crippen LogP contribution in [0.15, 0.2) is 60.8 Å². The van der Waals surface area contributed by atoms with Crippen molar-refractivity contribution in [3.05, 3.63) is 88.6 Å². The highest BCUT2D eigenvalue weighted by Crippen LogP contribution is 2.24. The van der Waals surface area contributed by atoms with Crippen molar-refractivity contribution in [2.45, 2.75) is 46.1 Å². The zero-order chi connectivity index (χ0) is 26.4. The first-order chi connectivity index (χ1) is 17.8. The average molecular weight is 501 g/mol. The Bertz CT molecular complexity index is 1200. The van der Waals surface area contributed by atoms with Crippen LogP contribution in [0.25, 0.3) is 0 Å². The smallest absolute Gasteiger partial charge is 0.326 e. The number of rotatable bonds is 9. The molecule has 1 aliphatic rings. The first-order valence-corrected chi connectivity index (χ1v) is 12.9. The van der Waals surface area contributed by atoms with E-state index in [2.05, 4.69) is 32.7 Å². The van der Waals surface area contributed by atoms with Gasteiger partial charge in [0, 0.05) is 43.5 Å². The number of nitrogens with one attached hydrogen (secondary N) is 2. The molecule has 3 aromatic rings. The average Bonchev–Trinajstić information content (AvgIpc) is 2.88. The molecular weight excluding hydrogens is 464 g/mol. The molecule has 3 N–H and O–H groups in total. The zero-order valence-corrected chi connectivity index (χ0v) is 21.8. The maximum atomic E-state index is 12.9. The Morgan fingerprint density at radius 2 is 1.70 bits per heavy atom. The number of anilines is 2. The monoisotopic (exact) mass is 500 g/mol. The van der Waals surface area contributed by atoms with Gasteiger partial charge in [0.25, 0.3) is 5.91 Å². The fraction of sp³-hybridized carbons (Fsp3) is 0.367. The van der Waals surface area contributed by atoms with Crippen LogP contribution in [0, 0.1) is 26.7 Å². The van der Waals surface area contributed by atoms with Gasteiger partial charge in [0.05, 0.1) is 0 Å². The lowest BCUT2D eigenvalue weighted by atomic mass is 9.96. The van der Waals surface area contributed by atoms with Crippen LogP contribution < -0.4 is 15.5 Å². The van der Waals surface area contributed by atoms with Gasteiger partial charge in [-0.2, -0.15) is 0 Å². The molecule has 1 amide bonds. The van der Waals surface area contributed by atoms with Gasteiger partial charge in [-0.25, -0.2) is 9.78 Å². The first kappa shape index (κ1) is 26.2. The number of hydrogen-bond acceptors (Lipinski definition) is 5. The van der Waals surface area contributed by atoms with Crippen LogP contribution in [0.1, 0.15) is 45.5 Å². The Kier molecular flexibility index (Phi) is 8.43. The number of benzene rings is 2. The van der Waals surface area contributed by atoms with Crippen LogP contribution >= 0.6 is 0 Å². The first-order valence-electron chi connectivity index (χ1n) is 12.9. The molecule has 0 aliphatic carbocycles. The third-order valence-electron chi connectivity index (χ3n) is 7.10. The van der Waals surface area contributed by atoms with Gasteiger partial charge in [-0.15, -0.1) is 0 Å². The van der Waals surface area contributed by atoms with Crippen molar-refractivity contribution in [3.63, 3.8) is 0 Å². The van der Waals surface area contributed by atoms with Gasteiger partial charge in [-0.1, -0.05) is 35.9 Å². The second-order valence-corrected chi connectivity index (χ2v) is 10.0. The van der Waals surface area contributed by atoms with E-state index in [4.69, 9.17) is 0 Å².